The standard InChI is InChI=1S/C28H39N3O6S/c1-6-23(27(33)29-28(2,3)4)30(20-21-11-8-7-9-12-21)26(32)13-10-16-31(38(5,34)35)22-14-15-24-25(19-22)37-18-17-36-24/h7-9,11-12,14-15,19,23H,6,10,13,16-18,20H2,1-5H3,(H,29,33)/t23-/m1/s1. The zero-order valence-corrected chi connectivity index (χ0v) is 23.7. The predicted molar refractivity (Wildman–Crippen MR) is 148 cm³/mol. The maximum atomic E-state index is 13.5. The number of nitrogens with one attached hydrogen (secondary N) is 1. The fraction of sp³-hybridized carbons (Fsp3) is 0.500. The first-order valence-corrected chi connectivity index (χ1v) is 14.8. The van der Waals surface area contributed by atoms with E-state index in [4.69, 9.17) is 9.47 Å². The quantitative estimate of drug-likeness (QED) is 0.461. The molecule has 1 aliphatic rings. The Balaban J connectivity index is 1.76. The molecule has 1 N–H and O–H groups in total. The van der Waals surface area contributed by atoms with Gasteiger partial charge in [0.2, 0.25) is 21.8 Å². The minimum absolute atomic E-state index is 0.0860. The number of fused-ring (bicyclic) bond motifs is 1. The monoisotopic (exact) mass is 545 g/mol. The SMILES string of the molecule is CC[C@H](C(=O)NC(C)(C)C)N(Cc1ccccc1)C(=O)CCCN(c1ccc2c(c1)OCCO2)S(C)(=O)=O. The fourth-order valence-corrected chi connectivity index (χ4v) is 5.30. The van der Waals surface area contributed by atoms with Crippen LogP contribution in [0, 0.1) is 0 Å². The second-order valence-corrected chi connectivity index (χ2v) is 12.3. The molecule has 0 saturated carbocycles. The molecule has 0 bridgehead atoms. The zero-order chi connectivity index (χ0) is 27.9. The summed E-state index contributed by atoms with van der Waals surface area (Å²) in [7, 11) is -3.62. The average Bonchev–Trinajstić information content (AvgIpc) is 2.85. The van der Waals surface area contributed by atoms with E-state index in [1.807, 2.05) is 58.0 Å². The van der Waals surface area contributed by atoms with Gasteiger partial charge in [-0.1, -0.05) is 37.3 Å². The first-order valence-electron chi connectivity index (χ1n) is 12.9. The number of rotatable bonds is 11. The maximum absolute atomic E-state index is 13.5. The fourth-order valence-electron chi connectivity index (χ4n) is 4.34. The summed E-state index contributed by atoms with van der Waals surface area (Å²) in [4.78, 5) is 28.2. The van der Waals surface area contributed by atoms with Crippen LogP contribution in [0.2, 0.25) is 0 Å². The molecule has 2 aromatic rings. The lowest BCUT2D eigenvalue weighted by molar-refractivity contribution is -0.142. The van der Waals surface area contributed by atoms with Crippen molar-refractivity contribution in [2.45, 2.75) is 65.1 Å². The molecule has 0 spiro atoms. The highest BCUT2D eigenvalue weighted by atomic mass is 32.2. The molecule has 0 aromatic heterocycles. The van der Waals surface area contributed by atoms with Gasteiger partial charge in [0.1, 0.15) is 19.3 Å². The van der Waals surface area contributed by atoms with Gasteiger partial charge in [-0.15, -0.1) is 0 Å². The number of ether oxygens (including phenoxy) is 2. The minimum atomic E-state index is -3.62. The first kappa shape index (κ1) is 29.3. The average molecular weight is 546 g/mol. The van der Waals surface area contributed by atoms with Crippen molar-refractivity contribution in [1.29, 1.82) is 0 Å². The van der Waals surface area contributed by atoms with E-state index in [2.05, 4.69) is 5.32 Å². The van der Waals surface area contributed by atoms with E-state index in [0.717, 1.165) is 11.8 Å². The number of carbonyl (C=O) groups is 2. The van der Waals surface area contributed by atoms with Gasteiger partial charge in [-0.3, -0.25) is 13.9 Å². The Kier molecular flexibility index (Phi) is 9.65. The summed E-state index contributed by atoms with van der Waals surface area (Å²) >= 11 is 0. The second-order valence-electron chi connectivity index (χ2n) is 10.4. The smallest absolute Gasteiger partial charge is 0.243 e. The number of benzene rings is 2. The van der Waals surface area contributed by atoms with Crippen LogP contribution in [0.5, 0.6) is 11.5 Å². The highest BCUT2D eigenvalue weighted by molar-refractivity contribution is 7.92. The molecule has 0 saturated heterocycles. The Morgan fingerprint density at radius 3 is 2.29 bits per heavy atom. The van der Waals surface area contributed by atoms with Crippen molar-refractivity contribution in [3.05, 3.63) is 54.1 Å². The van der Waals surface area contributed by atoms with Crippen LogP contribution in [0.3, 0.4) is 0 Å². The molecule has 9 nitrogen and oxygen atoms in total. The van der Waals surface area contributed by atoms with Crippen LogP contribution in [0.4, 0.5) is 5.69 Å². The molecule has 1 atom stereocenters. The van der Waals surface area contributed by atoms with E-state index in [-0.39, 0.29) is 37.7 Å². The van der Waals surface area contributed by atoms with Crippen LogP contribution in [-0.2, 0) is 26.2 Å². The Hall–Kier alpha value is -3.27. The molecule has 0 fully saturated rings. The molecule has 3 rings (SSSR count). The van der Waals surface area contributed by atoms with Crippen molar-refractivity contribution < 1.29 is 27.5 Å². The Bertz CT molecular complexity index is 1210. The number of carbonyl (C=O) groups excluding carboxylic acids is 2. The Labute approximate surface area is 226 Å². The molecule has 2 amide bonds. The van der Waals surface area contributed by atoms with Gasteiger partial charge in [-0.2, -0.15) is 0 Å². The number of sulfonamides is 1. The van der Waals surface area contributed by atoms with E-state index in [1.165, 1.54) is 4.31 Å². The van der Waals surface area contributed by atoms with Crippen LogP contribution in [0.1, 0.15) is 52.5 Å². The minimum Gasteiger partial charge on any atom is -0.486 e. The van der Waals surface area contributed by atoms with E-state index in [9.17, 15) is 18.0 Å². The second kappa shape index (κ2) is 12.5. The third-order valence-corrected chi connectivity index (χ3v) is 7.24. The molecule has 0 aliphatic carbocycles. The van der Waals surface area contributed by atoms with Gasteiger partial charge in [0.15, 0.2) is 11.5 Å². The number of hydrogen-bond acceptors (Lipinski definition) is 6. The lowest BCUT2D eigenvalue weighted by atomic mass is 10.0. The van der Waals surface area contributed by atoms with Crippen LogP contribution in [0.15, 0.2) is 48.5 Å². The van der Waals surface area contributed by atoms with Crippen molar-refractivity contribution in [1.82, 2.24) is 10.2 Å². The van der Waals surface area contributed by atoms with Gasteiger partial charge >= 0.3 is 0 Å². The van der Waals surface area contributed by atoms with Crippen LogP contribution in [0.25, 0.3) is 0 Å². The number of nitrogens with zero attached hydrogens (tertiary/aromatic N) is 2. The molecule has 0 unspecified atom stereocenters. The van der Waals surface area contributed by atoms with Gasteiger partial charge in [0, 0.05) is 31.1 Å². The van der Waals surface area contributed by atoms with Crippen LogP contribution in [-0.4, -0.2) is 62.7 Å². The number of amides is 2. The normalized spacial score (nSPS) is 13.9. The van der Waals surface area contributed by atoms with Gasteiger partial charge in [0.05, 0.1) is 11.9 Å². The first-order chi connectivity index (χ1) is 17.9. The molecule has 10 heteroatoms. The van der Waals surface area contributed by atoms with Crippen molar-refractivity contribution in [3.63, 3.8) is 0 Å². The summed E-state index contributed by atoms with van der Waals surface area (Å²) in [6.07, 6.45) is 1.95. The van der Waals surface area contributed by atoms with Crippen molar-refractivity contribution in [2.75, 3.05) is 30.3 Å². The van der Waals surface area contributed by atoms with Crippen molar-refractivity contribution in [3.8, 4) is 11.5 Å². The zero-order valence-electron chi connectivity index (χ0n) is 22.9. The largest absolute Gasteiger partial charge is 0.486 e. The topological polar surface area (TPSA) is 105 Å². The van der Waals surface area contributed by atoms with Gasteiger partial charge < -0.3 is 19.7 Å². The van der Waals surface area contributed by atoms with Crippen molar-refractivity contribution >= 4 is 27.5 Å². The molecule has 1 aliphatic heterocycles. The maximum Gasteiger partial charge on any atom is 0.243 e. The predicted octanol–water partition coefficient (Wildman–Crippen LogP) is 3.73. The van der Waals surface area contributed by atoms with Gasteiger partial charge in [-0.05, 0) is 51.3 Å². The third-order valence-electron chi connectivity index (χ3n) is 6.05. The highest BCUT2D eigenvalue weighted by Crippen LogP contribution is 2.34. The summed E-state index contributed by atoms with van der Waals surface area (Å²) in [6.45, 7) is 8.81. The Morgan fingerprint density at radius 2 is 1.68 bits per heavy atom. The summed E-state index contributed by atoms with van der Waals surface area (Å²) in [5, 5.41) is 2.99. The summed E-state index contributed by atoms with van der Waals surface area (Å²) < 4.78 is 37.7. The molecule has 208 valence electrons. The van der Waals surface area contributed by atoms with Gasteiger partial charge in [-0.25, -0.2) is 8.42 Å². The van der Waals surface area contributed by atoms with Crippen molar-refractivity contribution in [2.24, 2.45) is 0 Å². The highest BCUT2D eigenvalue weighted by Gasteiger charge is 2.31. The number of hydrogen-bond donors (Lipinski definition) is 1. The molecule has 38 heavy (non-hydrogen) atoms. The summed E-state index contributed by atoms with van der Waals surface area (Å²) in [5.74, 6) is 0.640. The third kappa shape index (κ3) is 8.11. The van der Waals surface area contributed by atoms with Crippen LogP contribution < -0.4 is 19.1 Å². The van der Waals surface area contributed by atoms with E-state index < -0.39 is 21.6 Å². The van der Waals surface area contributed by atoms with E-state index in [0.29, 0.717) is 36.8 Å². The molecule has 0 radical (unpaired) electrons. The summed E-state index contributed by atoms with van der Waals surface area (Å²) in [6, 6.07) is 13.9. The van der Waals surface area contributed by atoms with Crippen LogP contribution >= 0.6 is 0 Å². The van der Waals surface area contributed by atoms with Gasteiger partial charge in [0.25, 0.3) is 0 Å². The Morgan fingerprint density at radius 1 is 1.03 bits per heavy atom. The lowest BCUT2D eigenvalue weighted by Crippen LogP contribution is -2.53. The molecule has 1 heterocycles. The van der Waals surface area contributed by atoms with E-state index in [1.54, 1.807) is 23.1 Å². The lowest BCUT2D eigenvalue weighted by Gasteiger charge is -2.33. The number of anilines is 1. The molecular weight excluding hydrogens is 506 g/mol. The summed E-state index contributed by atoms with van der Waals surface area (Å²) in [5.41, 5.74) is 0.921. The van der Waals surface area contributed by atoms with E-state index >= 15 is 0 Å². The molecule has 2 aromatic carbocycles. The molecular formula is C28H39N3O6S.